The van der Waals surface area contributed by atoms with Gasteiger partial charge in [-0.3, -0.25) is 62.3 Å². The second-order valence-corrected chi connectivity index (χ2v) is 22.6. The maximum absolute atomic E-state index is 13.5. The fourth-order valence-corrected chi connectivity index (χ4v) is 8.95. The first-order chi connectivity index (χ1) is 47.4. The quantitative estimate of drug-likeness (QED) is 0.0317. The van der Waals surface area contributed by atoms with Crippen LogP contribution in [0.4, 0.5) is 0 Å². The number of hydrogen-bond acceptors (Lipinski definition) is 20. The van der Waals surface area contributed by atoms with Gasteiger partial charge < -0.3 is 75.7 Å². The van der Waals surface area contributed by atoms with Crippen molar-refractivity contribution >= 4 is 76.2 Å². The summed E-state index contributed by atoms with van der Waals surface area (Å²) in [6.07, 6.45) is 28.5. The smallest absolute Gasteiger partial charge is 0.246 e. The highest BCUT2D eigenvalue weighted by Gasteiger charge is 2.24. The van der Waals surface area contributed by atoms with Crippen LogP contribution >= 0.6 is 0 Å². The minimum absolute atomic E-state index is 0.00212. The number of unbranched alkanes of at least 4 members (excludes halogenated alkanes) is 3. The largest absolute Gasteiger partial charge is 0.382 e. The Bertz CT molecular complexity index is 2560. The highest BCUT2D eigenvalue weighted by atomic mass is 16.5. The van der Waals surface area contributed by atoms with E-state index in [0.29, 0.717) is 90.3 Å². The highest BCUT2D eigenvalue weighted by Crippen LogP contribution is 2.12. The average molecular weight is 1380 g/mol. The molecule has 0 aromatic heterocycles. The summed E-state index contributed by atoms with van der Waals surface area (Å²) in [5.74, 6) is 5.51. The average Bonchev–Trinajstić information content (AvgIpc) is 1.54. The monoisotopic (exact) mass is 1380 g/mol. The number of ether oxygens (including phenoxy) is 7. The van der Waals surface area contributed by atoms with Crippen LogP contribution < -0.4 is 42.5 Å². The molecule has 28 nitrogen and oxygen atoms in total. The summed E-state index contributed by atoms with van der Waals surface area (Å²) in [6.45, 7) is 2.31. The maximum atomic E-state index is 13.5. The SMILES string of the molecule is C#CCCC(=O)CCCOCC(=O)CCCCC[C@H](NC(=O)COCCNC(=O)CCC#C)C(=O)CCCOCC(=O)N[C@@H](CCCCNC(=O)COCCCC(=O)[C@H](CCCNC(=O)COCCNC(=O)CCC#C)NC(=O)COCCNC(=O)CCC#C)C(=O)CCCOCC. The summed E-state index contributed by atoms with van der Waals surface area (Å²) in [5, 5.41) is 21.5. The predicted molar refractivity (Wildman–Crippen MR) is 363 cm³/mol. The molecule has 0 aromatic rings. The third-order valence-electron chi connectivity index (χ3n) is 14.1. The molecule has 98 heavy (non-hydrogen) atoms. The predicted octanol–water partition coefficient (Wildman–Crippen LogP) is 1.68. The molecule has 0 aliphatic rings. The van der Waals surface area contributed by atoms with Gasteiger partial charge in [0.05, 0.1) is 37.9 Å². The Morgan fingerprint density at radius 1 is 0.286 bits per heavy atom. The van der Waals surface area contributed by atoms with E-state index in [4.69, 9.17) is 58.9 Å². The summed E-state index contributed by atoms with van der Waals surface area (Å²) in [6, 6.07) is -2.66. The molecule has 0 rings (SSSR count). The minimum atomic E-state index is -0.936. The van der Waals surface area contributed by atoms with Crippen molar-refractivity contribution in [2.75, 3.05) is 125 Å². The van der Waals surface area contributed by atoms with Crippen molar-refractivity contribution in [3.63, 3.8) is 0 Å². The summed E-state index contributed by atoms with van der Waals surface area (Å²) in [4.78, 5) is 163. The van der Waals surface area contributed by atoms with E-state index in [9.17, 15) is 62.3 Å². The standard InChI is InChI=1S/C70H108N8O20/c1-6-11-25-55(79)27-21-43-93-49-56(80)26-16-15-17-28-57(76-69(90)53-97-47-40-74-64(85)35-13-8-3)61(82)32-24-45-95-52-68(89)77-58(60(81)31-22-42-92-10-5)29-18-19-37-71-66(87)50-94-44-23-33-62(83)59(78-70(91)54-98-48-41-75-65(86)36-14-9-4)30-20-38-72-67(88)51-96-46-39-73-63(84)34-12-7-2/h1-4,57-59H,10-54H2,5H3,(H,71,87)(H,72,88)(H,73,84)(H,74,85)(H,75,86)(H,76,90)(H,77,89)(H,78,91)/t57-,58-,59-/m0/s1. The van der Waals surface area contributed by atoms with Gasteiger partial charge in [-0.1, -0.05) is 12.8 Å². The van der Waals surface area contributed by atoms with Crippen molar-refractivity contribution in [1.29, 1.82) is 0 Å². The van der Waals surface area contributed by atoms with Gasteiger partial charge in [0.25, 0.3) is 0 Å². The normalized spacial score (nSPS) is 11.6. The third kappa shape index (κ3) is 56.1. The molecular weight excluding hydrogens is 1270 g/mol. The van der Waals surface area contributed by atoms with Crippen LogP contribution in [0.3, 0.4) is 0 Å². The minimum Gasteiger partial charge on any atom is -0.382 e. The highest BCUT2D eigenvalue weighted by molar-refractivity contribution is 5.91. The topological polar surface area (TPSA) is 383 Å². The van der Waals surface area contributed by atoms with Gasteiger partial charge in [0, 0.05) is 149 Å². The van der Waals surface area contributed by atoms with Crippen LogP contribution in [0.5, 0.6) is 0 Å². The first-order valence-electron chi connectivity index (χ1n) is 34.0. The van der Waals surface area contributed by atoms with Gasteiger partial charge in [-0.2, -0.15) is 0 Å². The fourth-order valence-electron chi connectivity index (χ4n) is 8.95. The molecule has 0 aliphatic carbocycles. The van der Waals surface area contributed by atoms with Crippen molar-refractivity contribution < 1.29 is 95.5 Å². The molecule has 0 radical (unpaired) electrons. The Labute approximate surface area is 578 Å². The Morgan fingerprint density at radius 2 is 0.602 bits per heavy atom. The van der Waals surface area contributed by atoms with Gasteiger partial charge in [0.2, 0.25) is 47.3 Å². The lowest BCUT2D eigenvalue weighted by Crippen LogP contribution is -2.43. The molecule has 0 saturated carbocycles. The Kier molecular flexibility index (Phi) is 58.6. The lowest BCUT2D eigenvalue weighted by atomic mass is 10.00. The first-order valence-corrected chi connectivity index (χ1v) is 34.0. The molecule has 8 N–H and O–H groups in total. The first kappa shape index (κ1) is 90.1. The zero-order chi connectivity index (χ0) is 72.5. The molecule has 0 aliphatic heterocycles. The van der Waals surface area contributed by atoms with Gasteiger partial charge >= 0.3 is 0 Å². The fraction of sp³-hybridized carbons (Fsp3) is 0.700. The number of nitrogens with one attached hydrogen (secondary N) is 8. The summed E-state index contributed by atoms with van der Waals surface area (Å²) >= 11 is 0. The van der Waals surface area contributed by atoms with Crippen molar-refractivity contribution in [2.45, 2.75) is 192 Å². The molecule has 28 heteroatoms. The molecule has 0 saturated heterocycles. The maximum Gasteiger partial charge on any atom is 0.246 e. The van der Waals surface area contributed by atoms with Crippen LogP contribution in [0.15, 0.2) is 0 Å². The summed E-state index contributed by atoms with van der Waals surface area (Å²) < 4.78 is 38.0. The summed E-state index contributed by atoms with van der Waals surface area (Å²) in [7, 11) is 0. The lowest BCUT2D eigenvalue weighted by Gasteiger charge is -2.19. The second-order valence-electron chi connectivity index (χ2n) is 22.6. The van der Waals surface area contributed by atoms with Crippen molar-refractivity contribution in [1.82, 2.24) is 42.5 Å². The molecule has 548 valence electrons. The molecule has 0 spiro atoms. The summed E-state index contributed by atoms with van der Waals surface area (Å²) in [5.41, 5.74) is 0. The number of carbonyl (C=O) groups is 13. The van der Waals surface area contributed by atoms with Crippen LogP contribution in [-0.2, 0) is 95.5 Å². The van der Waals surface area contributed by atoms with Crippen molar-refractivity contribution in [2.24, 2.45) is 0 Å². The van der Waals surface area contributed by atoms with Gasteiger partial charge in [0.15, 0.2) is 23.1 Å². The molecule has 0 unspecified atom stereocenters. The van der Waals surface area contributed by atoms with E-state index in [1.54, 1.807) is 0 Å². The van der Waals surface area contributed by atoms with Gasteiger partial charge in [-0.25, -0.2) is 0 Å². The third-order valence-corrected chi connectivity index (χ3v) is 14.1. The van der Waals surface area contributed by atoms with E-state index in [1.165, 1.54) is 0 Å². The van der Waals surface area contributed by atoms with Gasteiger partial charge in [0.1, 0.15) is 45.4 Å². The molecule has 0 bridgehead atoms. The molecule has 3 atom stereocenters. The van der Waals surface area contributed by atoms with Gasteiger partial charge in [-0.15, -0.1) is 49.4 Å². The number of hydrogen-bond donors (Lipinski definition) is 8. The van der Waals surface area contributed by atoms with E-state index in [-0.39, 0.29) is 242 Å². The van der Waals surface area contributed by atoms with E-state index in [0.717, 1.165) is 0 Å². The van der Waals surface area contributed by atoms with Crippen LogP contribution in [0.2, 0.25) is 0 Å². The Hall–Kier alpha value is -7.93. The molecular formula is C70H108N8O20. The lowest BCUT2D eigenvalue weighted by molar-refractivity contribution is -0.131. The number of terminal acetylenes is 4. The second kappa shape index (κ2) is 63.8. The van der Waals surface area contributed by atoms with Crippen LogP contribution in [-0.4, -0.2) is 220 Å². The van der Waals surface area contributed by atoms with E-state index < -0.39 is 54.3 Å². The zero-order valence-corrected chi connectivity index (χ0v) is 57.5. The Morgan fingerprint density at radius 3 is 1.01 bits per heavy atom. The van der Waals surface area contributed by atoms with E-state index >= 15 is 0 Å². The van der Waals surface area contributed by atoms with Crippen molar-refractivity contribution in [3.05, 3.63) is 0 Å². The van der Waals surface area contributed by atoms with Gasteiger partial charge in [-0.05, 0) is 77.6 Å². The Balaban J connectivity index is 5.20. The molecule has 8 amide bonds. The number of ketones is 5. The molecule has 0 aromatic carbocycles. The number of amides is 8. The van der Waals surface area contributed by atoms with E-state index in [2.05, 4.69) is 66.2 Å². The number of carbonyl (C=O) groups excluding carboxylic acids is 13. The number of Topliss-reactive ketones (excluding diaryl/α,β-unsaturated/α-hetero) is 5. The molecule has 0 fully saturated rings. The molecule has 0 heterocycles. The zero-order valence-electron chi connectivity index (χ0n) is 57.5. The van der Waals surface area contributed by atoms with Crippen LogP contribution in [0.1, 0.15) is 174 Å². The number of rotatable bonds is 67. The van der Waals surface area contributed by atoms with Crippen molar-refractivity contribution in [3.8, 4) is 49.4 Å². The van der Waals surface area contributed by atoms with E-state index in [1.807, 2.05) is 6.92 Å². The van der Waals surface area contributed by atoms with Crippen LogP contribution in [0, 0.1) is 49.4 Å². The van der Waals surface area contributed by atoms with Crippen LogP contribution in [0.25, 0.3) is 0 Å².